The second kappa shape index (κ2) is 7.08. The molecule has 0 atom stereocenters. The molecule has 2 rings (SSSR count). The summed E-state index contributed by atoms with van der Waals surface area (Å²) in [6.45, 7) is 0.747. The minimum absolute atomic E-state index is 0.0295. The summed E-state index contributed by atoms with van der Waals surface area (Å²) in [5, 5.41) is 11.9. The second-order valence-electron chi connectivity index (χ2n) is 5.49. The van der Waals surface area contributed by atoms with Gasteiger partial charge >= 0.3 is 5.97 Å². The van der Waals surface area contributed by atoms with Gasteiger partial charge in [-0.2, -0.15) is 0 Å². The lowest BCUT2D eigenvalue weighted by atomic mass is 9.89. The number of hydrogen-bond acceptors (Lipinski definition) is 2. The van der Waals surface area contributed by atoms with Crippen LogP contribution in [0.15, 0.2) is 24.3 Å². The fraction of sp³-hybridized carbons (Fsp3) is 0.500. The highest BCUT2D eigenvalue weighted by Crippen LogP contribution is 2.22. The maximum atomic E-state index is 11.9. The van der Waals surface area contributed by atoms with Crippen LogP contribution >= 0.6 is 0 Å². The van der Waals surface area contributed by atoms with Crippen molar-refractivity contribution in [3.8, 4) is 0 Å². The van der Waals surface area contributed by atoms with E-state index >= 15 is 0 Å². The van der Waals surface area contributed by atoms with Gasteiger partial charge in [0.15, 0.2) is 0 Å². The Balaban J connectivity index is 1.81. The summed E-state index contributed by atoms with van der Waals surface area (Å²) in [6.07, 6.45) is 6.49. The molecule has 1 aliphatic rings. The van der Waals surface area contributed by atoms with Gasteiger partial charge in [0.2, 0.25) is 5.91 Å². The molecule has 1 fully saturated rings. The highest BCUT2D eigenvalue weighted by Gasteiger charge is 2.14. The Morgan fingerprint density at radius 3 is 2.65 bits per heavy atom. The van der Waals surface area contributed by atoms with E-state index in [4.69, 9.17) is 5.11 Å². The summed E-state index contributed by atoms with van der Waals surface area (Å²) in [7, 11) is 0. The lowest BCUT2D eigenvalue weighted by Gasteiger charge is -2.21. The molecule has 0 heterocycles. The predicted molar refractivity (Wildman–Crippen MR) is 76.7 cm³/mol. The number of benzene rings is 1. The number of carbonyl (C=O) groups is 2. The SMILES string of the molecule is O=C(Cc1cccc(C(=O)O)c1)NCC1CCCCC1. The monoisotopic (exact) mass is 275 g/mol. The van der Waals surface area contributed by atoms with Crippen molar-refractivity contribution in [3.05, 3.63) is 35.4 Å². The Morgan fingerprint density at radius 1 is 1.20 bits per heavy atom. The maximum Gasteiger partial charge on any atom is 0.335 e. The fourth-order valence-electron chi connectivity index (χ4n) is 2.71. The van der Waals surface area contributed by atoms with E-state index in [0.29, 0.717) is 5.92 Å². The maximum absolute atomic E-state index is 11.9. The molecule has 2 N–H and O–H groups in total. The zero-order chi connectivity index (χ0) is 14.4. The zero-order valence-electron chi connectivity index (χ0n) is 11.6. The van der Waals surface area contributed by atoms with Crippen LogP contribution in [-0.4, -0.2) is 23.5 Å². The molecule has 1 aromatic rings. The lowest BCUT2D eigenvalue weighted by Crippen LogP contribution is -2.31. The number of carboxylic acid groups (broad SMARTS) is 1. The topological polar surface area (TPSA) is 66.4 Å². The van der Waals surface area contributed by atoms with Crippen LogP contribution in [0.25, 0.3) is 0 Å². The molecule has 0 unspecified atom stereocenters. The van der Waals surface area contributed by atoms with E-state index < -0.39 is 5.97 Å². The number of carbonyl (C=O) groups excluding carboxylic acids is 1. The van der Waals surface area contributed by atoms with E-state index in [1.165, 1.54) is 38.2 Å². The molecule has 108 valence electrons. The van der Waals surface area contributed by atoms with Gasteiger partial charge in [-0.25, -0.2) is 4.79 Å². The average Bonchev–Trinajstić information content (AvgIpc) is 2.46. The molecule has 0 saturated heterocycles. The molecule has 4 nitrogen and oxygen atoms in total. The van der Waals surface area contributed by atoms with Gasteiger partial charge < -0.3 is 10.4 Å². The molecule has 1 amide bonds. The summed E-state index contributed by atoms with van der Waals surface area (Å²) >= 11 is 0. The van der Waals surface area contributed by atoms with Crippen molar-refractivity contribution in [2.75, 3.05) is 6.54 Å². The summed E-state index contributed by atoms with van der Waals surface area (Å²) in [5.41, 5.74) is 0.966. The molecule has 0 bridgehead atoms. The van der Waals surface area contributed by atoms with Crippen LogP contribution in [0.2, 0.25) is 0 Å². The molecule has 1 saturated carbocycles. The highest BCUT2D eigenvalue weighted by atomic mass is 16.4. The first-order valence-electron chi connectivity index (χ1n) is 7.24. The molecule has 1 aromatic carbocycles. The highest BCUT2D eigenvalue weighted by molar-refractivity contribution is 5.88. The Kier molecular flexibility index (Phi) is 5.16. The van der Waals surface area contributed by atoms with E-state index in [1.54, 1.807) is 18.2 Å². The molecule has 0 radical (unpaired) electrons. The normalized spacial score (nSPS) is 15.8. The quantitative estimate of drug-likeness (QED) is 0.868. The van der Waals surface area contributed by atoms with Crippen molar-refractivity contribution in [1.29, 1.82) is 0 Å². The molecule has 0 aromatic heterocycles. The number of nitrogens with one attached hydrogen (secondary N) is 1. The van der Waals surface area contributed by atoms with Crippen molar-refractivity contribution in [2.45, 2.75) is 38.5 Å². The van der Waals surface area contributed by atoms with E-state index in [9.17, 15) is 9.59 Å². The van der Waals surface area contributed by atoms with E-state index in [-0.39, 0.29) is 17.9 Å². The number of aromatic carboxylic acids is 1. The van der Waals surface area contributed by atoms with Crippen LogP contribution in [0.1, 0.15) is 48.0 Å². The third-order valence-electron chi connectivity index (χ3n) is 3.85. The van der Waals surface area contributed by atoms with Crippen molar-refractivity contribution in [3.63, 3.8) is 0 Å². The average molecular weight is 275 g/mol. The first-order chi connectivity index (χ1) is 9.65. The number of rotatable bonds is 5. The predicted octanol–water partition coefficient (Wildman–Crippen LogP) is 2.62. The van der Waals surface area contributed by atoms with Crippen molar-refractivity contribution < 1.29 is 14.7 Å². The van der Waals surface area contributed by atoms with Gasteiger partial charge in [-0.1, -0.05) is 31.4 Å². The minimum Gasteiger partial charge on any atom is -0.478 e. The van der Waals surface area contributed by atoms with Gasteiger partial charge in [-0.3, -0.25) is 4.79 Å². The van der Waals surface area contributed by atoms with E-state index in [1.807, 2.05) is 0 Å². The van der Waals surface area contributed by atoms with Gasteiger partial charge in [0.1, 0.15) is 0 Å². The Hall–Kier alpha value is -1.84. The fourth-order valence-corrected chi connectivity index (χ4v) is 2.71. The summed E-state index contributed by atoms with van der Waals surface area (Å²) in [6, 6.07) is 6.55. The zero-order valence-corrected chi connectivity index (χ0v) is 11.6. The first-order valence-corrected chi connectivity index (χ1v) is 7.24. The Labute approximate surface area is 119 Å². The van der Waals surface area contributed by atoms with Crippen LogP contribution in [0.3, 0.4) is 0 Å². The molecule has 0 aliphatic heterocycles. The summed E-state index contributed by atoms with van der Waals surface area (Å²) < 4.78 is 0. The standard InChI is InChI=1S/C16H21NO3/c18-15(17-11-12-5-2-1-3-6-12)10-13-7-4-8-14(9-13)16(19)20/h4,7-9,12H,1-3,5-6,10-11H2,(H,17,18)(H,19,20). The molecule has 0 spiro atoms. The molecule has 20 heavy (non-hydrogen) atoms. The van der Waals surface area contributed by atoms with Gasteiger partial charge in [-0.05, 0) is 36.5 Å². The third-order valence-corrected chi connectivity index (χ3v) is 3.85. The summed E-state index contributed by atoms with van der Waals surface area (Å²) in [5.74, 6) is -0.384. The molecule has 4 heteroatoms. The van der Waals surface area contributed by atoms with Crippen LogP contribution in [0, 0.1) is 5.92 Å². The molecular weight excluding hydrogens is 254 g/mol. The minimum atomic E-state index is -0.963. The largest absolute Gasteiger partial charge is 0.478 e. The smallest absolute Gasteiger partial charge is 0.335 e. The molecular formula is C16H21NO3. The second-order valence-corrected chi connectivity index (χ2v) is 5.49. The van der Waals surface area contributed by atoms with Gasteiger partial charge in [0.25, 0.3) is 0 Å². The Bertz CT molecular complexity index is 478. The van der Waals surface area contributed by atoms with Gasteiger partial charge in [0.05, 0.1) is 12.0 Å². The summed E-state index contributed by atoms with van der Waals surface area (Å²) in [4.78, 5) is 22.7. The van der Waals surface area contributed by atoms with Crippen LogP contribution in [-0.2, 0) is 11.2 Å². The van der Waals surface area contributed by atoms with Crippen LogP contribution in [0.4, 0.5) is 0 Å². The van der Waals surface area contributed by atoms with Crippen LogP contribution in [0.5, 0.6) is 0 Å². The number of carboxylic acids is 1. The van der Waals surface area contributed by atoms with E-state index in [2.05, 4.69) is 5.32 Å². The first kappa shape index (κ1) is 14.6. The third kappa shape index (κ3) is 4.37. The lowest BCUT2D eigenvalue weighted by molar-refractivity contribution is -0.120. The van der Waals surface area contributed by atoms with E-state index in [0.717, 1.165) is 12.1 Å². The number of amides is 1. The van der Waals surface area contributed by atoms with Crippen LogP contribution < -0.4 is 5.32 Å². The van der Waals surface area contributed by atoms with Gasteiger partial charge in [-0.15, -0.1) is 0 Å². The van der Waals surface area contributed by atoms with Crippen molar-refractivity contribution in [1.82, 2.24) is 5.32 Å². The van der Waals surface area contributed by atoms with Crippen molar-refractivity contribution in [2.24, 2.45) is 5.92 Å². The van der Waals surface area contributed by atoms with Gasteiger partial charge in [0, 0.05) is 6.54 Å². The Morgan fingerprint density at radius 2 is 1.95 bits per heavy atom. The number of hydrogen-bond donors (Lipinski definition) is 2. The van der Waals surface area contributed by atoms with Crippen molar-refractivity contribution >= 4 is 11.9 Å². The molecule has 1 aliphatic carbocycles.